The van der Waals surface area contributed by atoms with Crippen LogP contribution in [0.15, 0.2) is 54.6 Å². The first kappa shape index (κ1) is 22.1. The molecular weight excluding hydrogens is 412 g/mol. The molecule has 2 saturated heterocycles. The molecule has 170 valence electrons. The normalized spacial score (nSPS) is 20.8. The molecule has 2 aromatic carbocycles. The monoisotopic (exact) mass is 440 g/mol. The van der Waals surface area contributed by atoms with Crippen molar-refractivity contribution in [3.63, 3.8) is 0 Å². The number of nitrogens with zero attached hydrogens (tertiary/aromatic N) is 1. The molecular formula is C24H28N2O6. The number of ether oxygens (including phenoxy) is 4. The summed E-state index contributed by atoms with van der Waals surface area (Å²) < 4.78 is 23.2. The molecule has 2 atom stereocenters. The summed E-state index contributed by atoms with van der Waals surface area (Å²) in [4.78, 5) is 26.4. The zero-order valence-electron chi connectivity index (χ0n) is 18.1. The van der Waals surface area contributed by atoms with E-state index in [1.54, 1.807) is 12.0 Å². The van der Waals surface area contributed by atoms with Crippen molar-refractivity contribution >= 4 is 17.5 Å². The van der Waals surface area contributed by atoms with Crippen LogP contribution >= 0.6 is 0 Å². The lowest BCUT2D eigenvalue weighted by molar-refractivity contribution is -0.132. The second-order valence-corrected chi connectivity index (χ2v) is 7.88. The highest BCUT2D eigenvalue weighted by molar-refractivity contribution is 5.93. The number of para-hydroxylation sites is 1. The average Bonchev–Trinajstić information content (AvgIpc) is 3.14. The van der Waals surface area contributed by atoms with Gasteiger partial charge in [-0.2, -0.15) is 0 Å². The van der Waals surface area contributed by atoms with Crippen molar-refractivity contribution < 1.29 is 28.5 Å². The molecule has 0 aliphatic carbocycles. The van der Waals surface area contributed by atoms with E-state index in [2.05, 4.69) is 5.32 Å². The van der Waals surface area contributed by atoms with E-state index in [-0.39, 0.29) is 43.0 Å². The zero-order chi connectivity index (χ0) is 22.3. The van der Waals surface area contributed by atoms with Gasteiger partial charge in [0.05, 0.1) is 20.3 Å². The Bertz CT molecular complexity index is 906. The Hall–Kier alpha value is -3.10. The van der Waals surface area contributed by atoms with Crippen LogP contribution < -0.4 is 14.8 Å². The van der Waals surface area contributed by atoms with Crippen LogP contribution in [-0.2, 0) is 19.1 Å². The second-order valence-electron chi connectivity index (χ2n) is 7.88. The van der Waals surface area contributed by atoms with Gasteiger partial charge >= 0.3 is 0 Å². The Morgan fingerprint density at radius 3 is 2.34 bits per heavy atom. The Balaban J connectivity index is 1.21. The van der Waals surface area contributed by atoms with E-state index in [1.165, 1.54) is 0 Å². The van der Waals surface area contributed by atoms with Gasteiger partial charge in [-0.1, -0.05) is 24.3 Å². The van der Waals surface area contributed by atoms with Crippen LogP contribution in [0.4, 0.5) is 5.69 Å². The molecule has 2 aliphatic rings. The number of methoxy groups -OCH3 is 1. The number of carbonyl (C=O) groups excluding carboxylic acids is 2. The lowest BCUT2D eigenvalue weighted by atomic mass is 10.2. The Morgan fingerprint density at radius 2 is 1.66 bits per heavy atom. The molecule has 0 radical (unpaired) electrons. The number of rotatable bonds is 7. The molecule has 8 heteroatoms. The fraction of sp³-hybridized carbons (Fsp3) is 0.417. The predicted octanol–water partition coefficient (Wildman–Crippen LogP) is 2.49. The van der Waals surface area contributed by atoms with Gasteiger partial charge in [-0.15, -0.1) is 0 Å². The minimum Gasteiger partial charge on any atom is -0.497 e. The van der Waals surface area contributed by atoms with Crippen molar-refractivity contribution in [2.45, 2.75) is 31.2 Å². The molecule has 2 aliphatic heterocycles. The Morgan fingerprint density at radius 1 is 0.969 bits per heavy atom. The van der Waals surface area contributed by atoms with E-state index in [1.807, 2.05) is 54.6 Å². The summed E-state index contributed by atoms with van der Waals surface area (Å²) in [6.07, 6.45) is -0.345. The molecule has 1 N–H and O–H groups in total. The van der Waals surface area contributed by atoms with E-state index in [0.717, 1.165) is 11.4 Å². The number of likely N-dealkylation sites (tertiary alicyclic amines) is 1. The number of benzene rings is 2. The minimum atomic E-state index is -0.237. The molecule has 0 unspecified atom stereocenters. The minimum absolute atomic E-state index is 0.0716. The summed E-state index contributed by atoms with van der Waals surface area (Å²) in [5.41, 5.74) is 0.723. The third kappa shape index (κ3) is 5.77. The SMILES string of the molecule is COc1cccc(OC2CO[C@H]3CN(C(=O)CCC(=O)Nc4ccccc4)C[C@@H]3OC2)c1. The van der Waals surface area contributed by atoms with Crippen LogP contribution in [0, 0.1) is 0 Å². The summed E-state index contributed by atoms with van der Waals surface area (Å²) in [5, 5.41) is 2.80. The van der Waals surface area contributed by atoms with Crippen LogP contribution in [0.3, 0.4) is 0 Å². The maximum atomic E-state index is 12.6. The van der Waals surface area contributed by atoms with Crippen molar-refractivity contribution in [2.24, 2.45) is 0 Å². The van der Waals surface area contributed by atoms with Gasteiger partial charge in [0, 0.05) is 37.7 Å². The van der Waals surface area contributed by atoms with Crippen LogP contribution in [-0.4, -0.2) is 68.4 Å². The van der Waals surface area contributed by atoms with Crippen LogP contribution in [0.2, 0.25) is 0 Å². The first-order chi connectivity index (χ1) is 15.6. The first-order valence-corrected chi connectivity index (χ1v) is 10.8. The zero-order valence-corrected chi connectivity index (χ0v) is 18.1. The van der Waals surface area contributed by atoms with Crippen LogP contribution in [0.25, 0.3) is 0 Å². The topological polar surface area (TPSA) is 86.3 Å². The third-order valence-electron chi connectivity index (χ3n) is 5.53. The molecule has 2 amide bonds. The van der Waals surface area contributed by atoms with Gasteiger partial charge in [0.2, 0.25) is 11.8 Å². The number of hydrogen-bond donors (Lipinski definition) is 1. The summed E-state index contributed by atoms with van der Waals surface area (Å²) in [6.45, 7) is 1.66. The van der Waals surface area contributed by atoms with E-state index in [9.17, 15) is 9.59 Å². The number of nitrogens with one attached hydrogen (secondary N) is 1. The first-order valence-electron chi connectivity index (χ1n) is 10.8. The largest absolute Gasteiger partial charge is 0.497 e. The van der Waals surface area contributed by atoms with E-state index < -0.39 is 0 Å². The van der Waals surface area contributed by atoms with Gasteiger partial charge < -0.3 is 29.2 Å². The fourth-order valence-corrected chi connectivity index (χ4v) is 3.84. The highest BCUT2D eigenvalue weighted by Crippen LogP contribution is 2.24. The van der Waals surface area contributed by atoms with E-state index in [0.29, 0.717) is 32.1 Å². The summed E-state index contributed by atoms with van der Waals surface area (Å²) >= 11 is 0. The predicted molar refractivity (Wildman–Crippen MR) is 118 cm³/mol. The Labute approximate surface area is 187 Å². The highest BCUT2D eigenvalue weighted by Gasteiger charge is 2.39. The Kier molecular flexibility index (Phi) is 7.24. The van der Waals surface area contributed by atoms with Crippen molar-refractivity contribution in [1.82, 2.24) is 4.90 Å². The van der Waals surface area contributed by atoms with Gasteiger partial charge in [-0.25, -0.2) is 0 Å². The second kappa shape index (κ2) is 10.5. The molecule has 0 bridgehead atoms. The number of carbonyl (C=O) groups is 2. The summed E-state index contributed by atoms with van der Waals surface area (Å²) in [5.74, 6) is 1.17. The number of hydrogen-bond acceptors (Lipinski definition) is 6. The van der Waals surface area contributed by atoms with Crippen LogP contribution in [0.5, 0.6) is 11.5 Å². The summed E-state index contributed by atoms with van der Waals surface area (Å²) in [7, 11) is 1.61. The molecule has 32 heavy (non-hydrogen) atoms. The molecule has 0 saturated carbocycles. The van der Waals surface area contributed by atoms with E-state index >= 15 is 0 Å². The number of anilines is 1. The van der Waals surface area contributed by atoms with Gasteiger partial charge in [0.15, 0.2) is 0 Å². The lowest BCUT2D eigenvalue weighted by Crippen LogP contribution is -2.33. The number of amides is 2. The van der Waals surface area contributed by atoms with Gasteiger partial charge in [0.25, 0.3) is 0 Å². The molecule has 2 heterocycles. The maximum Gasteiger partial charge on any atom is 0.224 e. The molecule has 2 aromatic rings. The smallest absolute Gasteiger partial charge is 0.224 e. The number of fused-ring (bicyclic) bond motifs is 1. The lowest BCUT2D eigenvalue weighted by Gasteiger charge is -2.20. The highest BCUT2D eigenvalue weighted by atomic mass is 16.6. The van der Waals surface area contributed by atoms with Crippen molar-refractivity contribution in [3.05, 3.63) is 54.6 Å². The van der Waals surface area contributed by atoms with Gasteiger partial charge in [-0.3, -0.25) is 9.59 Å². The molecule has 4 rings (SSSR count). The average molecular weight is 440 g/mol. The standard InChI is InChI=1S/C24H28N2O6/c1-29-18-8-5-9-19(12-18)32-20-15-30-21-13-26(14-22(21)31-16-20)24(28)11-10-23(27)25-17-6-3-2-4-7-17/h2-9,12,20-22H,10-11,13-16H2,1H3,(H,25,27)/t21-,22-/m0/s1. The maximum absolute atomic E-state index is 12.6. The van der Waals surface area contributed by atoms with E-state index in [4.69, 9.17) is 18.9 Å². The van der Waals surface area contributed by atoms with Crippen LogP contribution in [0.1, 0.15) is 12.8 Å². The molecule has 8 nitrogen and oxygen atoms in total. The quantitative estimate of drug-likeness (QED) is 0.712. The van der Waals surface area contributed by atoms with Gasteiger partial charge in [-0.05, 0) is 24.3 Å². The third-order valence-corrected chi connectivity index (χ3v) is 5.53. The van der Waals surface area contributed by atoms with Crippen molar-refractivity contribution in [2.75, 3.05) is 38.7 Å². The summed E-state index contributed by atoms with van der Waals surface area (Å²) in [6, 6.07) is 16.6. The van der Waals surface area contributed by atoms with Crippen molar-refractivity contribution in [3.8, 4) is 11.5 Å². The molecule has 0 spiro atoms. The molecule has 2 fully saturated rings. The fourth-order valence-electron chi connectivity index (χ4n) is 3.84. The molecule has 0 aromatic heterocycles. The van der Waals surface area contributed by atoms with Gasteiger partial charge in [0.1, 0.15) is 29.8 Å². The van der Waals surface area contributed by atoms with Crippen molar-refractivity contribution in [1.29, 1.82) is 0 Å².